The van der Waals surface area contributed by atoms with Gasteiger partial charge in [-0.3, -0.25) is 19.1 Å². The molecule has 0 saturated carbocycles. The fourth-order valence-electron chi connectivity index (χ4n) is 4.89. The van der Waals surface area contributed by atoms with Crippen LogP contribution in [0.25, 0.3) is 5.69 Å². The van der Waals surface area contributed by atoms with Crippen molar-refractivity contribution in [2.24, 2.45) is 4.99 Å². The lowest BCUT2D eigenvalue weighted by Gasteiger charge is -2.32. The van der Waals surface area contributed by atoms with E-state index in [1.54, 1.807) is 7.11 Å². The third-order valence-corrected chi connectivity index (χ3v) is 7.13. The summed E-state index contributed by atoms with van der Waals surface area (Å²) in [7, 11) is 3.62. The van der Waals surface area contributed by atoms with Gasteiger partial charge in [-0.05, 0) is 57.1 Å². The van der Waals surface area contributed by atoms with Crippen LogP contribution in [0.1, 0.15) is 48.1 Å². The normalized spacial score (nSPS) is 16.8. The molecule has 2 N–H and O–H groups in total. The number of hydrogen-bond donors (Lipinski definition) is 2. The van der Waals surface area contributed by atoms with Gasteiger partial charge >= 0.3 is 0 Å². The molecule has 0 bridgehead atoms. The lowest BCUT2D eigenvalue weighted by Crippen LogP contribution is -2.44. The number of amides is 1. The molecular weight excluding hydrogens is 508 g/mol. The number of likely N-dealkylation sites (tertiary alicyclic amines) is 1. The first-order chi connectivity index (χ1) is 18.4. The molecule has 1 fully saturated rings. The first-order valence-electron chi connectivity index (χ1n) is 12.4. The molecule has 10 nitrogen and oxygen atoms in total. The van der Waals surface area contributed by atoms with Crippen LogP contribution in [0, 0.1) is 6.92 Å². The zero-order chi connectivity index (χ0) is 27.2. The minimum Gasteiger partial charge on any atom is -0.497 e. The average Bonchev–Trinajstić information content (AvgIpc) is 3.26. The van der Waals surface area contributed by atoms with Crippen LogP contribution in [0.15, 0.2) is 47.5 Å². The monoisotopic (exact) mass is 538 g/mol. The number of aromatic nitrogens is 3. The fourth-order valence-corrected chi connectivity index (χ4v) is 5.01. The number of nitrogens with zero attached hydrogens (tertiary/aromatic N) is 5. The molecule has 0 spiro atoms. The van der Waals surface area contributed by atoms with E-state index in [9.17, 15) is 4.79 Å². The van der Waals surface area contributed by atoms with Crippen LogP contribution in [0.3, 0.4) is 0 Å². The molecule has 0 aliphatic carbocycles. The molecule has 3 heterocycles. The summed E-state index contributed by atoms with van der Waals surface area (Å²) in [5, 5.41) is 19.7. The Labute approximate surface area is 226 Å². The Bertz CT molecular complexity index is 1320. The highest BCUT2D eigenvalue weighted by Crippen LogP contribution is 2.35. The van der Waals surface area contributed by atoms with Crippen LogP contribution in [-0.4, -0.2) is 76.2 Å². The van der Waals surface area contributed by atoms with E-state index < -0.39 is 6.04 Å². The van der Waals surface area contributed by atoms with Gasteiger partial charge in [-0.1, -0.05) is 23.7 Å². The summed E-state index contributed by atoms with van der Waals surface area (Å²) in [5.41, 5.74) is 3.47. The van der Waals surface area contributed by atoms with Crippen molar-refractivity contribution in [2.45, 2.75) is 38.3 Å². The summed E-state index contributed by atoms with van der Waals surface area (Å²) in [6, 6.07) is 13.5. The van der Waals surface area contributed by atoms with Crippen LogP contribution >= 0.6 is 11.6 Å². The highest BCUT2D eigenvalue weighted by atomic mass is 35.5. The third kappa shape index (κ3) is 5.71. The Balaban J connectivity index is 0.00000107. The maximum Gasteiger partial charge on any atom is 0.290 e. The summed E-state index contributed by atoms with van der Waals surface area (Å²) in [5.74, 6) is 2.21. The van der Waals surface area contributed by atoms with Gasteiger partial charge in [0.2, 0.25) is 5.91 Å². The van der Waals surface area contributed by atoms with Gasteiger partial charge < -0.3 is 20.1 Å². The zero-order valence-corrected chi connectivity index (χ0v) is 22.4. The number of ether oxygens (including phenoxy) is 1. The van der Waals surface area contributed by atoms with Crippen LogP contribution < -0.4 is 10.1 Å². The van der Waals surface area contributed by atoms with Crippen LogP contribution in [0.4, 0.5) is 0 Å². The number of carbonyl (C=O) groups excluding carboxylic acids is 1. The predicted molar refractivity (Wildman–Crippen MR) is 144 cm³/mol. The summed E-state index contributed by atoms with van der Waals surface area (Å²) in [4.78, 5) is 28.8. The number of nitrogens with one attached hydrogen (secondary N) is 1. The molecule has 0 unspecified atom stereocenters. The summed E-state index contributed by atoms with van der Waals surface area (Å²) in [6.07, 6.45) is 2.13. The molecule has 1 saturated heterocycles. The van der Waals surface area contributed by atoms with Gasteiger partial charge in [-0.2, -0.15) is 0 Å². The van der Waals surface area contributed by atoms with E-state index in [-0.39, 0.29) is 18.8 Å². The second-order valence-electron chi connectivity index (χ2n) is 9.08. The van der Waals surface area contributed by atoms with Crippen molar-refractivity contribution >= 4 is 29.7 Å². The quantitative estimate of drug-likeness (QED) is 0.477. The van der Waals surface area contributed by atoms with Gasteiger partial charge in [0.05, 0.1) is 24.9 Å². The Morgan fingerprint density at radius 3 is 2.50 bits per heavy atom. The molecule has 5 rings (SSSR count). The number of aliphatic imine (C=N–C) groups is 1. The van der Waals surface area contributed by atoms with Gasteiger partial charge in [0.1, 0.15) is 17.6 Å². The molecule has 200 valence electrons. The van der Waals surface area contributed by atoms with Crippen molar-refractivity contribution in [1.82, 2.24) is 25.0 Å². The summed E-state index contributed by atoms with van der Waals surface area (Å²) >= 11 is 6.17. The Morgan fingerprint density at radius 2 is 1.87 bits per heavy atom. The largest absolute Gasteiger partial charge is 0.497 e. The molecule has 1 atom stereocenters. The molecule has 2 aliphatic heterocycles. The second kappa shape index (κ2) is 12.2. The number of halogens is 1. The number of methoxy groups -OCH3 is 1. The van der Waals surface area contributed by atoms with Crippen LogP contribution in [0.2, 0.25) is 5.02 Å². The number of hydrogen-bond acceptors (Lipinski definition) is 7. The molecular formula is C27H31ClN6O4. The molecule has 1 aromatic heterocycles. The highest BCUT2D eigenvalue weighted by molar-refractivity contribution is 6.30. The predicted octanol–water partition coefficient (Wildman–Crippen LogP) is 3.43. The first kappa shape index (κ1) is 27.3. The van der Waals surface area contributed by atoms with Crippen molar-refractivity contribution in [1.29, 1.82) is 0 Å². The van der Waals surface area contributed by atoms with Gasteiger partial charge in [0.15, 0.2) is 5.82 Å². The molecule has 0 radical (unpaired) electrons. The van der Waals surface area contributed by atoms with Crippen molar-refractivity contribution < 1.29 is 19.4 Å². The zero-order valence-electron chi connectivity index (χ0n) is 21.6. The van der Waals surface area contributed by atoms with E-state index in [2.05, 4.69) is 15.5 Å². The maximum absolute atomic E-state index is 13.4. The Morgan fingerprint density at radius 1 is 1.18 bits per heavy atom. The minimum atomic E-state index is -0.477. The van der Waals surface area contributed by atoms with Crippen LogP contribution in [0.5, 0.6) is 5.75 Å². The molecule has 2 aliphatic rings. The van der Waals surface area contributed by atoms with Crippen molar-refractivity contribution in [3.05, 3.63) is 70.3 Å². The minimum absolute atomic E-state index is 0.0829. The van der Waals surface area contributed by atoms with E-state index in [0.717, 1.165) is 60.0 Å². The molecule has 2 aromatic carbocycles. The molecule has 38 heavy (non-hydrogen) atoms. The van der Waals surface area contributed by atoms with Crippen molar-refractivity contribution in [2.75, 3.05) is 27.2 Å². The van der Waals surface area contributed by atoms with E-state index >= 15 is 0 Å². The average molecular weight is 539 g/mol. The van der Waals surface area contributed by atoms with Gasteiger partial charge in [-0.15, -0.1) is 10.2 Å². The number of rotatable bonds is 5. The summed E-state index contributed by atoms with van der Waals surface area (Å²) < 4.78 is 7.54. The number of aryl methyl sites for hydroxylation is 1. The maximum atomic E-state index is 13.4. The van der Waals surface area contributed by atoms with Gasteiger partial charge in [0.25, 0.3) is 6.47 Å². The van der Waals surface area contributed by atoms with E-state index in [4.69, 9.17) is 31.2 Å². The van der Waals surface area contributed by atoms with Crippen LogP contribution in [-0.2, 0) is 9.59 Å². The van der Waals surface area contributed by atoms with Gasteiger partial charge in [-0.25, -0.2) is 0 Å². The molecule has 3 aromatic rings. The lowest BCUT2D eigenvalue weighted by molar-refractivity contribution is -0.132. The number of carboxylic acid groups (broad SMARTS) is 1. The third-order valence-electron chi connectivity index (χ3n) is 6.87. The SMILES string of the molecule is CNC1CCN(C(=O)C[C@@H]2N=C(c3ccc(Cl)cc3)c3cc(OC)ccc3-n3c(C)nnc32)CC1.O=CO. The molecule has 11 heteroatoms. The second-order valence-corrected chi connectivity index (χ2v) is 9.51. The van der Waals surface area contributed by atoms with E-state index in [0.29, 0.717) is 16.9 Å². The first-order valence-corrected chi connectivity index (χ1v) is 12.7. The fraction of sp³-hybridized carbons (Fsp3) is 0.370. The van der Waals surface area contributed by atoms with E-state index in [1.807, 2.05) is 65.9 Å². The number of benzene rings is 2. The summed E-state index contributed by atoms with van der Waals surface area (Å²) in [6.45, 7) is 3.15. The lowest BCUT2D eigenvalue weighted by atomic mass is 10.00. The van der Waals surface area contributed by atoms with Crippen molar-refractivity contribution in [3.63, 3.8) is 0 Å². The number of carbonyl (C=O) groups is 2. The highest BCUT2D eigenvalue weighted by Gasteiger charge is 2.32. The van der Waals surface area contributed by atoms with Crippen molar-refractivity contribution in [3.8, 4) is 11.4 Å². The Hall–Kier alpha value is -3.76. The van der Waals surface area contributed by atoms with Gasteiger partial charge in [0, 0.05) is 35.3 Å². The smallest absolute Gasteiger partial charge is 0.290 e. The number of piperidine rings is 1. The standard InChI is InChI=1S/C26H29ClN6O2.CH2O2/c1-16-30-31-26-22(15-24(34)32-12-10-19(28-2)11-13-32)29-25(17-4-6-18(27)7-5-17)21-14-20(35-3)8-9-23(21)33(16)26;2-1-3/h4-9,14,19,22,28H,10-13,15H2,1-3H3;1H,(H,2,3)/t22-;/m0./s1. The Kier molecular flexibility index (Phi) is 8.75. The topological polar surface area (TPSA) is 122 Å². The van der Waals surface area contributed by atoms with E-state index in [1.165, 1.54) is 0 Å². The molecule has 1 amide bonds. The number of fused-ring (bicyclic) bond motifs is 3.